The number of alkyl carbamates (subject to hydrolysis) is 1. The molecule has 6 heteroatoms. The zero-order valence-corrected chi connectivity index (χ0v) is 12.0. The van der Waals surface area contributed by atoms with Gasteiger partial charge in [0.05, 0.1) is 13.0 Å². The fourth-order valence-electron chi connectivity index (χ4n) is 1.35. The zero-order chi connectivity index (χ0) is 15.0. The minimum Gasteiger partial charge on any atom is -0.464 e. The number of carbonyl (C=O) groups is 2. The Morgan fingerprint density at radius 3 is 2.70 bits per heavy atom. The normalized spacial score (nSPS) is 10.8. The molecule has 0 bridgehead atoms. The van der Waals surface area contributed by atoms with Crippen LogP contribution < -0.4 is 5.32 Å². The van der Waals surface area contributed by atoms with Crippen LogP contribution in [-0.2, 0) is 20.7 Å². The number of carbonyl (C=O) groups excluding carboxylic acids is 2. The molecule has 6 nitrogen and oxygen atoms in total. The van der Waals surface area contributed by atoms with Crippen LogP contribution in [0.1, 0.15) is 26.3 Å². The predicted octanol–water partition coefficient (Wildman–Crippen LogP) is 1.69. The van der Waals surface area contributed by atoms with E-state index < -0.39 is 11.7 Å². The topological polar surface area (TPSA) is 77.5 Å². The van der Waals surface area contributed by atoms with Gasteiger partial charge >= 0.3 is 12.1 Å². The Hall–Kier alpha value is -2.11. The molecular formula is C14H20N2O4. The lowest BCUT2D eigenvalue weighted by Gasteiger charge is -2.19. The number of hydrogen-bond acceptors (Lipinski definition) is 5. The highest BCUT2D eigenvalue weighted by atomic mass is 16.6. The maximum absolute atomic E-state index is 11.5. The Labute approximate surface area is 118 Å². The Balaban J connectivity index is 2.15. The van der Waals surface area contributed by atoms with Crippen molar-refractivity contribution in [3.63, 3.8) is 0 Å². The Kier molecular flexibility index (Phi) is 5.96. The second kappa shape index (κ2) is 7.47. The van der Waals surface area contributed by atoms with Crippen molar-refractivity contribution in [1.29, 1.82) is 0 Å². The van der Waals surface area contributed by atoms with Crippen LogP contribution in [0.5, 0.6) is 0 Å². The first kappa shape index (κ1) is 15.9. The highest BCUT2D eigenvalue weighted by Gasteiger charge is 2.15. The lowest BCUT2D eigenvalue weighted by atomic mass is 10.2. The van der Waals surface area contributed by atoms with Crippen LogP contribution in [0.15, 0.2) is 24.5 Å². The van der Waals surface area contributed by atoms with Crippen molar-refractivity contribution in [2.75, 3.05) is 13.2 Å². The third-order valence-corrected chi connectivity index (χ3v) is 2.10. The first-order valence-electron chi connectivity index (χ1n) is 6.38. The van der Waals surface area contributed by atoms with E-state index in [-0.39, 0.29) is 25.5 Å². The molecule has 0 fully saturated rings. The van der Waals surface area contributed by atoms with Gasteiger partial charge in [0, 0.05) is 12.4 Å². The number of pyridine rings is 1. The Morgan fingerprint density at radius 2 is 2.10 bits per heavy atom. The van der Waals surface area contributed by atoms with Gasteiger partial charge in [-0.05, 0) is 32.4 Å². The van der Waals surface area contributed by atoms with Gasteiger partial charge in [0.2, 0.25) is 0 Å². The summed E-state index contributed by atoms with van der Waals surface area (Å²) in [6, 6.07) is 3.56. The monoisotopic (exact) mass is 280 g/mol. The van der Waals surface area contributed by atoms with E-state index in [1.807, 2.05) is 0 Å². The largest absolute Gasteiger partial charge is 0.464 e. The van der Waals surface area contributed by atoms with Gasteiger partial charge in [-0.25, -0.2) is 4.79 Å². The van der Waals surface area contributed by atoms with Gasteiger partial charge < -0.3 is 14.8 Å². The molecule has 0 aliphatic heterocycles. The van der Waals surface area contributed by atoms with Gasteiger partial charge in [-0.1, -0.05) is 6.07 Å². The number of nitrogens with one attached hydrogen (secondary N) is 1. The van der Waals surface area contributed by atoms with Gasteiger partial charge in [0.25, 0.3) is 0 Å². The summed E-state index contributed by atoms with van der Waals surface area (Å²) in [4.78, 5) is 26.7. The van der Waals surface area contributed by atoms with Crippen molar-refractivity contribution in [2.24, 2.45) is 0 Å². The standard InChI is InChI=1S/C14H20N2O4/c1-14(2,3)20-13(18)16-7-8-19-12(17)9-11-5-4-6-15-10-11/h4-6,10H,7-9H2,1-3H3,(H,16,18). The summed E-state index contributed by atoms with van der Waals surface area (Å²) in [6.45, 7) is 5.66. The molecule has 1 N–H and O–H groups in total. The number of esters is 1. The molecule has 1 heterocycles. The fourth-order valence-corrected chi connectivity index (χ4v) is 1.35. The second-order valence-electron chi connectivity index (χ2n) is 5.19. The van der Waals surface area contributed by atoms with Crippen LogP contribution >= 0.6 is 0 Å². The van der Waals surface area contributed by atoms with Crippen LogP contribution in [0.4, 0.5) is 4.79 Å². The van der Waals surface area contributed by atoms with Crippen molar-refractivity contribution in [3.8, 4) is 0 Å². The number of aromatic nitrogens is 1. The Bertz CT molecular complexity index is 440. The maximum atomic E-state index is 11.5. The summed E-state index contributed by atoms with van der Waals surface area (Å²) in [5.74, 6) is -0.357. The molecule has 0 aliphatic carbocycles. The van der Waals surface area contributed by atoms with Gasteiger partial charge in [0.1, 0.15) is 12.2 Å². The summed E-state index contributed by atoms with van der Waals surface area (Å²) >= 11 is 0. The van der Waals surface area contributed by atoms with Crippen molar-refractivity contribution >= 4 is 12.1 Å². The molecule has 0 aliphatic rings. The quantitative estimate of drug-likeness (QED) is 0.656. The first-order chi connectivity index (χ1) is 9.37. The lowest BCUT2D eigenvalue weighted by Crippen LogP contribution is -2.34. The minimum absolute atomic E-state index is 0.109. The van der Waals surface area contributed by atoms with E-state index in [0.717, 1.165) is 5.56 Å². The van der Waals surface area contributed by atoms with Gasteiger partial charge in [0.15, 0.2) is 0 Å². The third kappa shape index (κ3) is 7.35. The number of ether oxygens (including phenoxy) is 2. The SMILES string of the molecule is CC(C)(C)OC(=O)NCCOC(=O)Cc1cccnc1. The molecule has 0 atom stereocenters. The van der Waals surface area contributed by atoms with Gasteiger partial charge in [-0.3, -0.25) is 9.78 Å². The number of amides is 1. The zero-order valence-electron chi connectivity index (χ0n) is 12.0. The van der Waals surface area contributed by atoms with Gasteiger partial charge in [-0.2, -0.15) is 0 Å². The molecule has 0 saturated carbocycles. The van der Waals surface area contributed by atoms with Crippen LogP contribution in [-0.4, -0.2) is 35.8 Å². The highest BCUT2D eigenvalue weighted by molar-refractivity contribution is 5.72. The lowest BCUT2D eigenvalue weighted by molar-refractivity contribution is -0.142. The van der Waals surface area contributed by atoms with Crippen LogP contribution in [0.3, 0.4) is 0 Å². The smallest absolute Gasteiger partial charge is 0.407 e. The van der Waals surface area contributed by atoms with Crippen molar-refractivity contribution < 1.29 is 19.1 Å². The average Bonchev–Trinajstić information content (AvgIpc) is 2.34. The molecular weight excluding hydrogens is 260 g/mol. The van der Waals surface area contributed by atoms with E-state index in [2.05, 4.69) is 10.3 Å². The molecule has 0 unspecified atom stereocenters. The molecule has 0 radical (unpaired) electrons. The summed E-state index contributed by atoms with van der Waals surface area (Å²) in [7, 11) is 0. The van der Waals surface area contributed by atoms with E-state index >= 15 is 0 Å². The van der Waals surface area contributed by atoms with Crippen molar-refractivity contribution in [1.82, 2.24) is 10.3 Å². The molecule has 0 spiro atoms. The summed E-state index contributed by atoms with van der Waals surface area (Å²) in [6.07, 6.45) is 2.89. The third-order valence-electron chi connectivity index (χ3n) is 2.10. The minimum atomic E-state index is -0.541. The molecule has 1 amide bonds. The van der Waals surface area contributed by atoms with E-state index in [9.17, 15) is 9.59 Å². The molecule has 1 aromatic rings. The summed E-state index contributed by atoms with van der Waals surface area (Å²) in [5.41, 5.74) is 0.249. The predicted molar refractivity (Wildman–Crippen MR) is 73.1 cm³/mol. The van der Waals surface area contributed by atoms with Crippen molar-refractivity contribution in [2.45, 2.75) is 32.8 Å². The molecule has 110 valence electrons. The van der Waals surface area contributed by atoms with E-state index in [1.165, 1.54) is 0 Å². The molecule has 0 saturated heterocycles. The second-order valence-corrected chi connectivity index (χ2v) is 5.19. The highest BCUT2D eigenvalue weighted by Crippen LogP contribution is 2.06. The van der Waals surface area contributed by atoms with Crippen LogP contribution in [0, 0.1) is 0 Å². The first-order valence-corrected chi connectivity index (χ1v) is 6.38. The Morgan fingerprint density at radius 1 is 1.35 bits per heavy atom. The van der Waals surface area contributed by atoms with Crippen molar-refractivity contribution in [3.05, 3.63) is 30.1 Å². The van der Waals surface area contributed by atoms with Gasteiger partial charge in [-0.15, -0.1) is 0 Å². The number of nitrogens with zero attached hydrogens (tertiary/aromatic N) is 1. The number of rotatable bonds is 5. The van der Waals surface area contributed by atoms with E-state index in [4.69, 9.17) is 9.47 Å². The number of hydrogen-bond donors (Lipinski definition) is 1. The molecule has 1 aromatic heterocycles. The maximum Gasteiger partial charge on any atom is 0.407 e. The molecule has 1 rings (SSSR count). The van der Waals surface area contributed by atoms with E-state index in [0.29, 0.717) is 0 Å². The summed E-state index contributed by atoms with van der Waals surface area (Å²) in [5, 5.41) is 2.51. The molecule has 20 heavy (non-hydrogen) atoms. The van der Waals surface area contributed by atoms with Crippen LogP contribution in [0.25, 0.3) is 0 Å². The fraction of sp³-hybridized carbons (Fsp3) is 0.500. The van der Waals surface area contributed by atoms with Crippen LogP contribution in [0.2, 0.25) is 0 Å². The summed E-state index contributed by atoms with van der Waals surface area (Å²) < 4.78 is 10.0. The molecule has 0 aromatic carbocycles. The van der Waals surface area contributed by atoms with E-state index in [1.54, 1.807) is 45.3 Å². The average molecular weight is 280 g/mol.